The van der Waals surface area contributed by atoms with Crippen molar-refractivity contribution in [3.05, 3.63) is 27.1 Å². The molecular weight excluding hydrogens is 415 g/mol. The minimum atomic E-state index is -6.18. The summed E-state index contributed by atoms with van der Waals surface area (Å²) < 4.78 is 84.7. The molecule has 0 aromatic heterocycles. The fourth-order valence-corrected chi connectivity index (χ4v) is 3.75. The van der Waals surface area contributed by atoms with Crippen molar-refractivity contribution in [3.8, 4) is 0 Å². The lowest BCUT2D eigenvalue weighted by molar-refractivity contribution is -0.241. The van der Waals surface area contributed by atoms with Crippen LogP contribution in [0.4, 0.5) is 22.0 Å². The van der Waals surface area contributed by atoms with Gasteiger partial charge in [-0.15, -0.1) is 0 Å². The predicted octanol–water partition coefficient (Wildman–Crippen LogP) is 4.14. The topological polar surface area (TPSA) is 34.1 Å². The molecule has 0 saturated heterocycles. The first-order valence-electron chi connectivity index (χ1n) is 4.05. The summed E-state index contributed by atoms with van der Waals surface area (Å²) in [6, 6.07) is 2.63. The molecule has 1 rings (SSSR count). The maximum Gasteiger partial charge on any atom is 0.469 e. The molecule has 102 valence electrons. The van der Waals surface area contributed by atoms with Gasteiger partial charge in [-0.25, -0.2) is 8.42 Å². The van der Waals surface area contributed by atoms with E-state index in [0.29, 0.717) is 12.1 Å². The molecule has 0 aliphatic heterocycles. The van der Waals surface area contributed by atoms with Gasteiger partial charge in [0.1, 0.15) is 0 Å². The largest absolute Gasteiger partial charge is 0.469 e. The van der Waals surface area contributed by atoms with Crippen molar-refractivity contribution >= 4 is 41.7 Å². The number of halogens is 7. The van der Waals surface area contributed by atoms with Crippen LogP contribution in [-0.2, 0) is 9.84 Å². The Hall–Kier alpha value is -0.220. The van der Waals surface area contributed by atoms with E-state index in [4.69, 9.17) is 0 Å². The number of hydrogen-bond donors (Lipinski definition) is 0. The molecule has 0 fully saturated rings. The van der Waals surface area contributed by atoms with Crippen LogP contribution in [0.5, 0.6) is 0 Å². The molecule has 0 aliphatic rings. The van der Waals surface area contributed by atoms with Crippen LogP contribution in [0, 0.1) is 0 Å². The Morgan fingerprint density at radius 3 is 1.61 bits per heavy atom. The number of rotatable bonds is 2. The molecule has 0 N–H and O–H groups in total. The molecule has 0 aliphatic carbocycles. The fraction of sp³-hybridized carbons (Fsp3) is 0.250. The minimum Gasteiger partial charge on any atom is -0.217 e. The summed E-state index contributed by atoms with van der Waals surface area (Å²) in [5, 5.41) is -5.85. The van der Waals surface area contributed by atoms with Gasteiger partial charge in [0.25, 0.3) is 9.84 Å². The van der Waals surface area contributed by atoms with Crippen LogP contribution < -0.4 is 0 Å². The van der Waals surface area contributed by atoms with E-state index in [1.165, 1.54) is 6.07 Å². The van der Waals surface area contributed by atoms with Crippen molar-refractivity contribution in [2.24, 2.45) is 0 Å². The molecule has 0 atom stereocenters. The normalized spacial score (nSPS) is 13.7. The zero-order chi connectivity index (χ0) is 14.4. The third-order valence-corrected chi connectivity index (χ3v) is 4.49. The Kier molecular flexibility index (Phi) is 4.15. The van der Waals surface area contributed by atoms with Crippen LogP contribution in [0.2, 0.25) is 0 Å². The van der Waals surface area contributed by atoms with Gasteiger partial charge in [0.2, 0.25) is 0 Å². The number of hydrogen-bond acceptors (Lipinski definition) is 2. The van der Waals surface area contributed by atoms with Gasteiger partial charge in [0.05, 0.1) is 4.90 Å². The lowest BCUT2D eigenvalue weighted by Gasteiger charge is -2.19. The van der Waals surface area contributed by atoms with Gasteiger partial charge in [-0.2, -0.15) is 22.0 Å². The van der Waals surface area contributed by atoms with Gasteiger partial charge in [0.15, 0.2) is 0 Å². The van der Waals surface area contributed by atoms with Gasteiger partial charge in [-0.1, -0.05) is 31.9 Å². The Balaban J connectivity index is 3.48. The third-order valence-electron chi connectivity index (χ3n) is 1.81. The van der Waals surface area contributed by atoms with Crippen molar-refractivity contribution in [2.45, 2.75) is 16.3 Å². The van der Waals surface area contributed by atoms with Crippen molar-refractivity contribution in [2.75, 3.05) is 0 Å². The highest BCUT2D eigenvalue weighted by Gasteiger charge is 2.67. The quantitative estimate of drug-likeness (QED) is 0.677. The standard InChI is InChI=1S/C8H3Br2F5O2S/c9-4-1-5(10)3-6(2-4)18(16,17)8(14,15)7(11,12)13/h1-3H. The molecule has 1 aromatic carbocycles. The van der Waals surface area contributed by atoms with Gasteiger partial charge in [-0.05, 0) is 18.2 Å². The SMILES string of the molecule is O=S(=O)(c1cc(Br)cc(Br)c1)C(F)(F)C(F)(F)F. The van der Waals surface area contributed by atoms with Gasteiger partial charge >= 0.3 is 11.4 Å². The summed E-state index contributed by atoms with van der Waals surface area (Å²) in [7, 11) is -5.86. The monoisotopic (exact) mass is 416 g/mol. The third kappa shape index (κ3) is 2.69. The first-order valence-corrected chi connectivity index (χ1v) is 7.12. The smallest absolute Gasteiger partial charge is 0.217 e. The number of sulfone groups is 1. The molecule has 18 heavy (non-hydrogen) atoms. The van der Waals surface area contributed by atoms with Crippen LogP contribution in [-0.4, -0.2) is 19.8 Å². The van der Waals surface area contributed by atoms with E-state index < -0.39 is 26.2 Å². The highest BCUT2D eigenvalue weighted by Crippen LogP contribution is 2.43. The Labute approximate surface area is 115 Å². The molecule has 0 bridgehead atoms. The molecule has 0 unspecified atom stereocenters. The average molecular weight is 418 g/mol. The predicted molar refractivity (Wildman–Crippen MR) is 60.0 cm³/mol. The fourth-order valence-electron chi connectivity index (χ4n) is 0.984. The molecule has 0 radical (unpaired) electrons. The highest BCUT2D eigenvalue weighted by atomic mass is 79.9. The van der Waals surface area contributed by atoms with Crippen molar-refractivity contribution < 1.29 is 30.4 Å². The summed E-state index contributed by atoms with van der Waals surface area (Å²) >= 11 is 5.60. The molecular formula is C8H3Br2F5O2S. The van der Waals surface area contributed by atoms with Crippen molar-refractivity contribution in [3.63, 3.8) is 0 Å². The first-order chi connectivity index (χ1) is 7.89. The van der Waals surface area contributed by atoms with Gasteiger partial charge < -0.3 is 0 Å². The van der Waals surface area contributed by atoms with Crippen molar-refractivity contribution in [1.82, 2.24) is 0 Å². The van der Waals surface area contributed by atoms with Crippen LogP contribution in [0.3, 0.4) is 0 Å². The molecule has 2 nitrogen and oxygen atoms in total. The summed E-state index contributed by atoms with van der Waals surface area (Å²) in [5.41, 5.74) is 0. The molecule has 10 heteroatoms. The van der Waals surface area contributed by atoms with Gasteiger partial charge in [0, 0.05) is 8.95 Å². The van der Waals surface area contributed by atoms with Crippen LogP contribution in [0.15, 0.2) is 32.0 Å². The molecule has 0 heterocycles. The Morgan fingerprint density at radius 1 is 0.889 bits per heavy atom. The Morgan fingerprint density at radius 2 is 1.28 bits per heavy atom. The minimum absolute atomic E-state index is 0.0495. The molecule has 0 saturated carbocycles. The maximum absolute atomic E-state index is 12.9. The zero-order valence-corrected chi connectivity index (χ0v) is 12.1. The summed E-state index contributed by atoms with van der Waals surface area (Å²) in [4.78, 5) is -1.13. The van der Waals surface area contributed by atoms with Crippen LogP contribution >= 0.6 is 31.9 Å². The van der Waals surface area contributed by atoms with Crippen LogP contribution in [0.1, 0.15) is 0 Å². The van der Waals surface area contributed by atoms with Crippen LogP contribution in [0.25, 0.3) is 0 Å². The highest BCUT2D eigenvalue weighted by molar-refractivity contribution is 9.11. The second-order valence-electron chi connectivity index (χ2n) is 3.12. The molecule has 0 spiro atoms. The summed E-state index contributed by atoms with van der Waals surface area (Å²) in [6.45, 7) is 0. The summed E-state index contributed by atoms with van der Waals surface area (Å²) in [5.74, 6) is 0. The van der Waals surface area contributed by atoms with Gasteiger partial charge in [-0.3, -0.25) is 0 Å². The second-order valence-corrected chi connectivity index (χ2v) is 6.95. The maximum atomic E-state index is 12.9. The Bertz CT molecular complexity index is 547. The van der Waals surface area contributed by atoms with E-state index in [1.807, 2.05) is 0 Å². The number of benzene rings is 1. The zero-order valence-electron chi connectivity index (χ0n) is 8.10. The number of alkyl halides is 5. The van der Waals surface area contributed by atoms with E-state index >= 15 is 0 Å². The lowest BCUT2D eigenvalue weighted by Crippen LogP contribution is -2.43. The van der Waals surface area contributed by atoms with E-state index in [9.17, 15) is 30.4 Å². The van der Waals surface area contributed by atoms with E-state index in [-0.39, 0.29) is 8.95 Å². The van der Waals surface area contributed by atoms with Crippen molar-refractivity contribution in [1.29, 1.82) is 0 Å². The first kappa shape index (κ1) is 15.8. The second kappa shape index (κ2) is 4.71. The summed E-state index contributed by atoms with van der Waals surface area (Å²) in [6.07, 6.45) is -6.18. The lowest BCUT2D eigenvalue weighted by atomic mass is 10.4. The van der Waals surface area contributed by atoms with E-state index in [2.05, 4.69) is 31.9 Å². The average Bonchev–Trinajstić information content (AvgIpc) is 2.13. The molecule has 0 amide bonds. The molecule has 1 aromatic rings. The van der Waals surface area contributed by atoms with E-state index in [1.54, 1.807) is 0 Å². The van der Waals surface area contributed by atoms with E-state index in [0.717, 1.165) is 0 Å².